The molecule has 0 aromatic carbocycles. The Kier molecular flexibility index (Phi) is 4.55. The van der Waals surface area contributed by atoms with Crippen molar-refractivity contribution in [2.24, 2.45) is 0 Å². The van der Waals surface area contributed by atoms with Gasteiger partial charge in [-0.25, -0.2) is 13.4 Å². The number of aromatic nitrogens is 1. The van der Waals surface area contributed by atoms with Crippen LogP contribution in [0, 0.1) is 0 Å². The van der Waals surface area contributed by atoms with Crippen LogP contribution in [-0.2, 0) is 14.8 Å². The predicted molar refractivity (Wildman–Crippen MR) is 81.8 cm³/mol. The monoisotopic (exact) mass is 313 g/mol. The summed E-state index contributed by atoms with van der Waals surface area (Å²) in [6, 6.07) is 3.23. The lowest BCUT2D eigenvalue weighted by Gasteiger charge is -2.40. The summed E-state index contributed by atoms with van der Waals surface area (Å²) in [5, 5.41) is 3.01. The highest BCUT2D eigenvalue weighted by atomic mass is 32.2. The molecule has 1 fully saturated rings. The van der Waals surface area contributed by atoms with Crippen LogP contribution < -0.4 is 5.32 Å². The number of pyridine rings is 1. The molecule has 1 aromatic heterocycles. The van der Waals surface area contributed by atoms with E-state index in [4.69, 9.17) is 4.74 Å². The van der Waals surface area contributed by atoms with Gasteiger partial charge in [0.1, 0.15) is 10.7 Å². The van der Waals surface area contributed by atoms with Gasteiger partial charge in [0.2, 0.25) is 10.0 Å². The highest BCUT2D eigenvalue weighted by Gasteiger charge is 2.38. The van der Waals surface area contributed by atoms with Crippen molar-refractivity contribution in [3.8, 4) is 0 Å². The molecule has 2 rings (SSSR count). The molecule has 0 aliphatic carbocycles. The van der Waals surface area contributed by atoms with Crippen molar-refractivity contribution < 1.29 is 13.2 Å². The Balaban J connectivity index is 2.38. The van der Waals surface area contributed by atoms with Gasteiger partial charge in [-0.15, -0.1) is 0 Å². The van der Waals surface area contributed by atoms with Gasteiger partial charge in [-0.3, -0.25) is 0 Å². The molecule has 6 nitrogen and oxygen atoms in total. The largest absolute Gasteiger partial charge is 0.370 e. The van der Waals surface area contributed by atoms with Crippen LogP contribution >= 0.6 is 0 Å². The van der Waals surface area contributed by atoms with Crippen molar-refractivity contribution in [3.63, 3.8) is 0 Å². The summed E-state index contributed by atoms with van der Waals surface area (Å²) in [5.41, 5.74) is -0.495. The molecule has 1 N–H and O–H groups in total. The molecule has 1 aliphatic heterocycles. The molecule has 2 heterocycles. The topological polar surface area (TPSA) is 71.5 Å². The Hall–Kier alpha value is -1.18. The van der Waals surface area contributed by atoms with Crippen molar-refractivity contribution >= 4 is 15.8 Å². The standard InChI is InChI=1S/C14H23N3O3S/c1-5-15-13-12(7-6-8-16-13)21(18,19)17-9-11(2)20-14(3,4)10-17/h6-8,11H,5,9-10H2,1-4H3,(H,15,16). The van der Waals surface area contributed by atoms with E-state index in [1.54, 1.807) is 18.3 Å². The van der Waals surface area contributed by atoms with Gasteiger partial charge in [0.25, 0.3) is 0 Å². The van der Waals surface area contributed by atoms with E-state index in [9.17, 15) is 8.42 Å². The zero-order chi connectivity index (χ0) is 15.7. The van der Waals surface area contributed by atoms with Gasteiger partial charge in [0.15, 0.2) is 0 Å². The minimum absolute atomic E-state index is 0.136. The number of ether oxygens (including phenoxy) is 1. The van der Waals surface area contributed by atoms with Crippen molar-refractivity contribution in [1.29, 1.82) is 0 Å². The summed E-state index contributed by atoms with van der Waals surface area (Å²) in [6.07, 6.45) is 1.45. The zero-order valence-electron chi connectivity index (χ0n) is 13.0. The van der Waals surface area contributed by atoms with Gasteiger partial charge in [0.05, 0.1) is 11.7 Å². The quantitative estimate of drug-likeness (QED) is 0.916. The number of morpholine rings is 1. The molecule has 0 saturated carbocycles. The number of nitrogens with one attached hydrogen (secondary N) is 1. The number of sulfonamides is 1. The fourth-order valence-corrected chi connectivity index (χ4v) is 4.40. The van der Waals surface area contributed by atoms with Crippen LogP contribution in [0.25, 0.3) is 0 Å². The molecule has 0 radical (unpaired) electrons. The summed E-state index contributed by atoms with van der Waals surface area (Å²) in [4.78, 5) is 4.36. The third kappa shape index (κ3) is 3.53. The van der Waals surface area contributed by atoms with E-state index in [1.807, 2.05) is 27.7 Å². The Morgan fingerprint density at radius 1 is 1.52 bits per heavy atom. The maximum absolute atomic E-state index is 12.9. The summed E-state index contributed by atoms with van der Waals surface area (Å²) >= 11 is 0. The van der Waals surface area contributed by atoms with Gasteiger partial charge >= 0.3 is 0 Å². The maximum atomic E-state index is 12.9. The van der Waals surface area contributed by atoms with E-state index in [0.29, 0.717) is 25.5 Å². The van der Waals surface area contributed by atoms with Crippen molar-refractivity contribution in [2.45, 2.75) is 44.3 Å². The molecule has 7 heteroatoms. The molecule has 1 unspecified atom stereocenters. The van der Waals surface area contributed by atoms with Gasteiger partial charge in [-0.2, -0.15) is 4.31 Å². The molecular formula is C14H23N3O3S. The Labute approximate surface area is 126 Å². The first-order chi connectivity index (χ1) is 9.76. The van der Waals surface area contributed by atoms with Crippen LogP contribution in [0.1, 0.15) is 27.7 Å². The van der Waals surface area contributed by atoms with Crippen LogP contribution in [0.3, 0.4) is 0 Å². The van der Waals surface area contributed by atoms with E-state index < -0.39 is 15.6 Å². The van der Waals surface area contributed by atoms with Gasteiger partial charge in [0, 0.05) is 25.8 Å². The van der Waals surface area contributed by atoms with E-state index >= 15 is 0 Å². The fraction of sp³-hybridized carbons (Fsp3) is 0.643. The first-order valence-corrected chi connectivity index (χ1v) is 8.57. The van der Waals surface area contributed by atoms with Gasteiger partial charge < -0.3 is 10.1 Å². The van der Waals surface area contributed by atoms with Crippen LogP contribution in [0.15, 0.2) is 23.2 Å². The number of rotatable bonds is 4. The summed E-state index contributed by atoms with van der Waals surface area (Å²) in [6.45, 7) is 8.90. The number of nitrogens with zero attached hydrogens (tertiary/aromatic N) is 2. The lowest BCUT2D eigenvalue weighted by molar-refractivity contribution is -0.109. The average Bonchev–Trinajstić information content (AvgIpc) is 2.37. The molecule has 0 amide bonds. The molecular weight excluding hydrogens is 290 g/mol. The Morgan fingerprint density at radius 3 is 2.86 bits per heavy atom. The van der Waals surface area contributed by atoms with Crippen molar-refractivity contribution in [1.82, 2.24) is 9.29 Å². The summed E-state index contributed by atoms with van der Waals surface area (Å²) in [7, 11) is -3.59. The SMILES string of the molecule is CCNc1ncccc1S(=O)(=O)N1CC(C)OC(C)(C)C1. The van der Waals surface area contributed by atoms with Crippen LogP contribution in [0.4, 0.5) is 5.82 Å². The second-order valence-corrected chi connectivity index (χ2v) is 7.77. The summed E-state index contributed by atoms with van der Waals surface area (Å²) < 4.78 is 33.1. The molecule has 1 aliphatic rings. The fourth-order valence-electron chi connectivity index (χ4n) is 2.62. The number of anilines is 1. The second kappa shape index (κ2) is 5.90. The average molecular weight is 313 g/mol. The van der Waals surface area contributed by atoms with E-state index in [2.05, 4.69) is 10.3 Å². The first kappa shape index (κ1) is 16.2. The van der Waals surface area contributed by atoms with Crippen LogP contribution in [-0.4, -0.2) is 49.0 Å². The molecule has 118 valence electrons. The molecule has 1 atom stereocenters. The molecule has 1 saturated heterocycles. The molecule has 1 aromatic rings. The third-order valence-corrected chi connectivity index (χ3v) is 5.11. The summed E-state index contributed by atoms with van der Waals surface area (Å²) in [5.74, 6) is 0.400. The lowest BCUT2D eigenvalue weighted by Crippen LogP contribution is -2.53. The van der Waals surface area contributed by atoms with Gasteiger partial charge in [-0.1, -0.05) is 0 Å². The van der Waals surface area contributed by atoms with Crippen molar-refractivity contribution in [2.75, 3.05) is 25.0 Å². The Morgan fingerprint density at radius 2 is 2.24 bits per heavy atom. The number of hydrogen-bond acceptors (Lipinski definition) is 5. The van der Waals surface area contributed by atoms with E-state index in [1.165, 1.54) is 4.31 Å². The zero-order valence-corrected chi connectivity index (χ0v) is 13.8. The van der Waals surface area contributed by atoms with E-state index in [-0.39, 0.29) is 11.0 Å². The minimum atomic E-state index is -3.59. The van der Waals surface area contributed by atoms with Crippen molar-refractivity contribution in [3.05, 3.63) is 18.3 Å². The molecule has 21 heavy (non-hydrogen) atoms. The van der Waals surface area contributed by atoms with Crippen LogP contribution in [0.2, 0.25) is 0 Å². The smallest absolute Gasteiger partial charge is 0.246 e. The normalized spacial score (nSPS) is 23.0. The predicted octanol–water partition coefficient (Wildman–Crippen LogP) is 1.70. The maximum Gasteiger partial charge on any atom is 0.246 e. The number of hydrogen-bond donors (Lipinski definition) is 1. The third-order valence-electron chi connectivity index (χ3n) is 3.27. The molecule has 0 spiro atoms. The van der Waals surface area contributed by atoms with E-state index in [0.717, 1.165) is 0 Å². The van der Waals surface area contributed by atoms with Gasteiger partial charge in [-0.05, 0) is 39.8 Å². The second-order valence-electron chi connectivity index (χ2n) is 5.87. The van der Waals surface area contributed by atoms with Crippen LogP contribution in [0.5, 0.6) is 0 Å². The highest BCUT2D eigenvalue weighted by molar-refractivity contribution is 7.89. The Bertz CT molecular complexity index is 601. The first-order valence-electron chi connectivity index (χ1n) is 7.13. The lowest BCUT2D eigenvalue weighted by atomic mass is 10.1. The molecule has 0 bridgehead atoms. The highest BCUT2D eigenvalue weighted by Crippen LogP contribution is 2.28. The minimum Gasteiger partial charge on any atom is -0.370 e.